The van der Waals surface area contributed by atoms with Crippen molar-refractivity contribution in [2.75, 3.05) is 32.2 Å². The quantitative estimate of drug-likeness (QED) is 0.579. The molecule has 2 aromatic carbocycles. The van der Waals surface area contributed by atoms with Crippen molar-refractivity contribution in [3.8, 4) is 11.5 Å². The van der Waals surface area contributed by atoms with E-state index < -0.39 is 0 Å². The Kier molecular flexibility index (Phi) is 6.60. The van der Waals surface area contributed by atoms with Gasteiger partial charge in [-0.05, 0) is 48.6 Å². The zero-order valence-corrected chi connectivity index (χ0v) is 20.8. The second kappa shape index (κ2) is 9.82. The van der Waals surface area contributed by atoms with Gasteiger partial charge in [0.05, 0.1) is 14.2 Å². The molecule has 2 aromatic rings. The number of nitrogens with one attached hydrogen (secondary N) is 1. The number of ether oxygens (including phenoxy) is 2. The highest BCUT2D eigenvalue weighted by Gasteiger charge is 2.41. The van der Waals surface area contributed by atoms with Gasteiger partial charge in [0.15, 0.2) is 0 Å². The van der Waals surface area contributed by atoms with Crippen molar-refractivity contribution >= 4 is 29.1 Å². The number of hydrogen-bond acceptors (Lipinski definition) is 5. The Morgan fingerprint density at radius 1 is 1.09 bits per heavy atom. The summed E-state index contributed by atoms with van der Waals surface area (Å²) in [5.74, 6) is 1.20. The van der Waals surface area contributed by atoms with Gasteiger partial charge >= 0.3 is 0 Å². The fraction of sp³-hybridized carbons (Fsp3) is 0.407. The number of rotatable bonds is 7. The lowest BCUT2D eigenvalue weighted by molar-refractivity contribution is -0.129. The van der Waals surface area contributed by atoms with Crippen LogP contribution in [0.1, 0.15) is 37.2 Å². The lowest BCUT2D eigenvalue weighted by atomic mass is 9.99. The van der Waals surface area contributed by atoms with Crippen LogP contribution in [0.2, 0.25) is 5.02 Å². The molecule has 7 nitrogen and oxygen atoms in total. The van der Waals surface area contributed by atoms with Crippen molar-refractivity contribution < 1.29 is 19.1 Å². The smallest absolute Gasteiger partial charge is 0.267 e. The molecule has 0 aromatic heterocycles. The molecule has 0 radical (unpaired) electrons. The monoisotopic (exact) mass is 495 g/mol. The van der Waals surface area contributed by atoms with Crippen LogP contribution in [0.25, 0.3) is 0 Å². The molecule has 2 atom stereocenters. The molecule has 0 spiro atoms. The average molecular weight is 496 g/mol. The first-order valence-corrected chi connectivity index (χ1v) is 12.4. The van der Waals surface area contributed by atoms with E-state index in [4.69, 9.17) is 21.1 Å². The van der Waals surface area contributed by atoms with Crippen LogP contribution in [-0.4, -0.2) is 50.2 Å². The number of anilines is 1. The number of nitrogens with zero attached hydrogens (tertiary/aromatic N) is 2. The van der Waals surface area contributed by atoms with Crippen LogP contribution in [0.15, 0.2) is 54.2 Å². The maximum Gasteiger partial charge on any atom is 0.267 e. The Morgan fingerprint density at radius 2 is 1.80 bits per heavy atom. The van der Waals surface area contributed by atoms with E-state index in [9.17, 15) is 9.59 Å². The molecule has 8 heteroatoms. The first kappa shape index (κ1) is 23.5. The predicted molar refractivity (Wildman–Crippen MR) is 135 cm³/mol. The molecule has 35 heavy (non-hydrogen) atoms. The summed E-state index contributed by atoms with van der Waals surface area (Å²) in [5, 5.41) is 4.03. The summed E-state index contributed by atoms with van der Waals surface area (Å²) < 4.78 is 11.2. The number of halogens is 1. The van der Waals surface area contributed by atoms with Crippen LogP contribution >= 0.6 is 11.6 Å². The highest BCUT2D eigenvalue weighted by atomic mass is 35.5. The van der Waals surface area contributed by atoms with Gasteiger partial charge in [-0.25, -0.2) is 0 Å². The molecule has 2 heterocycles. The van der Waals surface area contributed by atoms with Gasteiger partial charge in [0.2, 0.25) is 0 Å². The Balaban J connectivity index is 1.42. The molecule has 5 rings (SSSR count). The molecule has 2 amide bonds. The van der Waals surface area contributed by atoms with Crippen molar-refractivity contribution in [1.29, 1.82) is 0 Å². The van der Waals surface area contributed by atoms with Crippen molar-refractivity contribution in [3.05, 3.63) is 64.8 Å². The third kappa shape index (κ3) is 4.69. The van der Waals surface area contributed by atoms with Gasteiger partial charge in [0.25, 0.3) is 11.8 Å². The zero-order chi connectivity index (χ0) is 24.5. The lowest BCUT2D eigenvalue weighted by Crippen LogP contribution is -2.54. The van der Waals surface area contributed by atoms with Gasteiger partial charge in [0.1, 0.15) is 28.9 Å². The number of methoxy groups -OCH3 is 2. The molecule has 2 fully saturated rings. The van der Waals surface area contributed by atoms with Crippen LogP contribution < -0.4 is 19.7 Å². The normalized spacial score (nSPS) is 22.0. The van der Waals surface area contributed by atoms with E-state index >= 15 is 0 Å². The van der Waals surface area contributed by atoms with Crippen LogP contribution in [0.3, 0.4) is 0 Å². The molecular weight excluding hydrogens is 466 g/mol. The van der Waals surface area contributed by atoms with Crippen LogP contribution in [-0.2, 0) is 9.59 Å². The maximum absolute atomic E-state index is 13.9. The predicted octanol–water partition coefficient (Wildman–Crippen LogP) is 4.32. The second-order valence-electron chi connectivity index (χ2n) is 9.40. The summed E-state index contributed by atoms with van der Waals surface area (Å²) in [5.41, 5.74) is 1.77. The van der Waals surface area contributed by atoms with Gasteiger partial charge in [-0.3, -0.25) is 14.5 Å². The molecule has 1 aliphatic carbocycles. The maximum atomic E-state index is 13.9. The fourth-order valence-electron chi connectivity index (χ4n) is 5.06. The molecule has 2 aliphatic heterocycles. The third-order valence-electron chi connectivity index (χ3n) is 7.10. The van der Waals surface area contributed by atoms with Gasteiger partial charge in [-0.2, -0.15) is 0 Å². The minimum atomic E-state index is -0.339. The number of para-hydroxylation sites is 1. The lowest BCUT2D eigenvalue weighted by Gasteiger charge is -2.37. The summed E-state index contributed by atoms with van der Waals surface area (Å²) >= 11 is 6.17. The summed E-state index contributed by atoms with van der Waals surface area (Å²) in [6.45, 7) is 1.14. The molecule has 3 aliphatic rings. The third-order valence-corrected chi connectivity index (χ3v) is 7.34. The molecule has 2 unspecified atom stereocenters. The standard InChI is InChI=1S/C27H30ClN3O4/c1-34-22-7-4-8-23(35-2)25(22)31-24(13-17-9-10-17)29-15-21(27(31)33)26(32)30-12-11-19(16-30)18-5-3-6-20(28)14-18/h3-8,14-15,17,19,24,29H,9-13,16H2,1-2H3. The van der Waals surface area contributed by atoms with Gasteiger partial charge < -0.3 is 19.7 Å². The van der Waals surface area contributed by atoms with Crippen molar-refractivity contribution in [1.82, 2.24) is 10.2 Å². The minimum Gasteiger partial charge on any atom is -0.494 e. The first-order valence-electron chi connectivity index (χ1n) is 12.1. The van der Waals surface area contributed by atoms with E-state index in [0.29, 0.717) is 41.2 Å². The highest BCUT2D eigenvalue weighted by Crippen LogP contribution is 2.43. The van der Waals surface area contributed by atoms with Crippen molar-refractivity contribution in [2.24, 2.45) is 5.92 Å². The first-order chi connectivity index (χ1) is 17.0. The largest absolute Gasteiger partial charge is 0.494 e. The summed E-state index contributed by atoms with van der Waals surface area (Å²) in [7, 11) is 3.14. The van der Waals surface area contributed by atoms with Crippen LogP contribution in [0.4, 0.5) is 5.69 Å². The molecule has 0 bridgehead atoms. The topological polar surface area (TPSA) is 71.1 Å². The number of hydrogen-bond donors (Lipinski definition) is 1. The Morgan fingerprint density at radius 3 is 2.46 bits per heavy atom. The van der Waals surface area contributed by atoms with E-state index in [-0.39, 0.29) is 29.5 Å². The average Bonchev–Trinajstić information content (AvgIpc) is 3.54. The molecule has 1 saturated heterocycles. The number of carbonyl (C=O) groups excluding carboxylic acids is 2. The Labute approximate surface area is 210 Å². The number of amides is 2. The van der Waals surface area contributed by atoms with Crippen molar-refractivity contribution in [2.45, 2.75) is 37.8 Å². The molecule has 1 saturated carbocycles. The Bertz CT molecular complexity index is 1140. The SMILES string of the molecule is COc1cccc(OC)c1N1C(=O)C(C(=O)N2CCC(c3cccc(Cl)c3)C2)=CNC1CC1CC1. The van der Waals surface area contributed by atoms with Crippen LogP contribution in [0.5, 0.6) is 11.5 Å². The number of carbonyl (C=O) groups is 2. The van der Waals surface area contributed by atoms with Gasteiger partial charge in [-0.15, -0.1) is 0 Å². The molecular formula is C27H30ClN3O4. The van der Waals surface area contributed by atoms with Gasteiger partial charge in [0, 0.05) is 30.2 Å². The summed E-state index contributed by atoms with van der Waals surface area (Å²) in [6.07, 6.45) is 5.24. The minimum absolute atomic E-state index is 0.122. The Hall–Kier alpha value is -3.19. The van der Waals surface area contributed by atoms with Crippen LogP contribution in [0, 0.1) is 5.92 Å². The van der Waals surface area contributed by atoms with Gasteiger partial charge in [-0.1, -0.05) is 42.6 Å². The van der Waals surface area contributed by atoms with E-state index in [1.54, 1.807) is 42.4 Å². The number of benzene rings is 2. The second-order valence-corrected chi connectivity index (χ2v) is 9.83. The van der Waals surface area contributed by atoms with E-state index in [0.717, 1.165) is 31.2 Å². The van der Waals surface area contributed by atoms with E-state index in [2.05, 4.69) is 5.32 Å². The summed E-state index contributed by atoms with van der Waals surface area (Å²) in [6, 6.07) is 13.2. The zero-order valence-electron chi connectivity index (χ0n) is 20.0. The highest BCUT2D eigenvalue weighted by molar-refractivity contribution is 6.30. The van der Waals surface area contributed by atoms with Crippen molar-refractivity contribution in [3.63, 3.8) is 0 Å². The molecule has 184 valence electrons. The molecule has 1 N–H and O–H groups in total. The fourth-order valence-corrected chi connectivity index (χ4v) is 5.26. The number of likely N-dealkylation sites (tertiary alicyclic amines) is 1. The summed E-state index contributed by atoms with van der Waals surface area (Å²) in [4.78, 5) is 30.9. The van der Waals surface area contributed by atoms with E-state index in [1.165, 1.54) is 0 Å². The van der Waals surface area contributed by atoms with E-state index in [1.807, 2.05) is 30.3 Å².